The molecule has 1 aromatic rings. The second-order valence-electron chi connectivity index (χ2n) is 2.45. The van der Waals surface area contributed by atoms with Crippen LogP contribution < -0.4 is 0 Å². The quantitative estimate of drug-likeness (QED) is 0.308. The summed E-state index contributed by atoms with van der Waals surface area (Å²) in [7, 11) is 0. The van der Waals surface area contributed by atoms with Gasteiger partial charge in [0.25, 0.3) is 0 Å². The Balaban J connectivity index is 3.54. The second-order valence-corrected chi connectivity index (χ2v) is 2.45. The third-order valence-electron chi connectivity index (χ3n) is 1.57. The largest absolute Gasteiger partial charge is 0.203 e. The monoisotopic (exact) mass is 219 g/mol. The van der Waals surface area contributed by atoms with Crippen molar-refractivity contribution in [1.82, 2.24) is 0 Å². The molecule has 0 atom stereocenters. The summed E-state index contributed by atoms with van der Waals surface area (Å²) in [6, 6.07) is 1.37. The van der Waals surface area contributed by atoms with Crippen LogP contribution in [0.1, 0.15) is 5.56 Å². The molecule has 0 spiro atoms. The Kier molecular flexibility index (Phi) is 3.04. The summed E-state index contributed by atoms with van der Waals surface area (Å²) in [4.78, 5) is 0. The molecule has 15 heavy (non-hydrogen) atoms. The third kappa shape index (κ3) is 1.81. The van der Waals surface area contributed by atoms with Crippen molar-refractivity contribution in [2.75, 3.05) is 0 Å². The van der Waals surface area contributed by atoms with Gasteiger partial charge in [-0.05, 0) is 6.08 Å². The van der Waals surface area contributed by atoms with E-state index in [-0.39, 0.29) is 0 Å². The van der Waals surface area contributed by atoms with E-state index in [1.54, 1.807) is 0 Å². The highest BCUT2D eigenvalue weighted by molar-refractivity contribution is 5.53. The first-order valence-electron chi connectivity index (χ1n) is 3.58. The van der Waals surface area contributed by atoms with E-state index in [1.165, 1.54) is 6.07 Å². The van der Waals surface area contributed by atoms with Crippen LogP contribution in [0.3, 0.4) is 0 Å². The summed E-state index contributed by atoms with van der Waals surface area (Å²) in [6.07, 6.45) is 1.12. The van der Waals surface area contributed by atoms with E-state index in [9.17, 15) is 22.0 Å². The van der Waals surface area contributed by atoms with E-state index in [4.69, 9.17) is 5.26 Å². The van der Waals surface area contributed by atoms with Crippen LogP contribution in [0.4, 0.5) is 22.0 Å². The van der Waals surface area contributed by atoms with Crippen LogP contribution in [0, 0.1) is 40.4 Å². The van der Waals surface area contributed by atoms with Crippen LogP contribution in [0.15, 0.2) is 6.08 Å². The standard InChI is InChI=1S/C9H2F5N/c10-5-4(2-1-3-15)6(11)8(13)9(14)7(5)12/h1-2H/b2-1+. The van der Waals surface area contributed by atoms with Crippen molar-refractivity contribution >= 4 is 6.08 Å². The van der Waals surface area contributed by atoms with Crippen LogP contribution >= 0.6 is 0 Å². The molecule has 0 aliphatic heterocycles. The zero-order chi connectivity index (χ0) is 11.6. The van der Waals surface area contributed by atoms with E-state index in [1.807, 2.05) is 0 Å². The topological polar surface area (TPSA) is 23.8 Å². The van der Waals surface area contributed by atoms with Crippen molar-refractivity contribution in [3.63, 3.8) is 0 Å². The lowest BCUT2D eigenvalue weighted by Crippen LogP contribution is -2.03. The Morgan fingerprint density at radius 1 is 0.800 bits per heavy atom. The van der Waals surface area contributed by atoms with E-state index in [0.717, 1.165) is 0 Å². The van der Waals surface area contributed by atoms with Gasteiger partial charge in [-0.2, -0.15) is 5.26 Å². The molecule has 0 unspecified atom stereocenters. The zero-order valence-corrected chi connectivity index (χ0v) is 6.99. The molecule has 0 fully saturated rings. The maximum Gasteiger partial charge on any atom is 0.200 e. The van der Waals surface area contributed by atoms with Gasteiger partial charge < -0.3 is 0 Å². The van der Waals surface area contributed by atoms with Crippen molar-refractivity contribution in [2.24, 2.45) is 0 Å². The molecule has 1 nitrogen and oxygen atoms in total. The second kappa shape index (κ2) is 4.09. The molecule has 0 N–H and O–H groups in total. The van der Waals surface area contributed by atoms with Gasteiger partial charge in [0.1, 0.15) is 0 Å². The summed E-state index contributed by atoms with van der Waals surface area (Å²) in [6.45, 7) is 0. The van der Waals surface area contributed by atoms with Crippen LogP contribution in [0.5, 0.6) is 0 Å². The molecule has 0 bridgehead atoms. The first-order chi connectivity index (χ1) is 7.00. The lowest BCUT2D eigenvalue weighted by atomic mass is 10.1. The molecule has 0 amide bonds. The van der Waals surface area contributed by atoms with E-state index < -0.39 is 34.6 Å². The van der Waals surface area contributed by atoms with Gasteiger partial charge in [0.05, 0.1) is 11.6 Å². The van der Waals surface area contributed by atoms with Gasteiger partial charge in [-0.1, -0.05) is 0 Å². The minimum Gasteiger partial charge on any atom is -0.203 e. The van der Waals surface area contributed by atoms with Gasteiger partial charge in [0.2, 0.25) is 5.82 Å². The third-order valence-corrected chi connectivity index (χ3v) is 1.57. The lowest BCUT2D eigenvalue weighted by Gasteiger charge is -2.03. The summed E-state index contributed by atoms with van der Waals surface area (Å²) in [5, 5.41) is 8.06. The minimum atomic E-state index is -2.22. The number of nitrogens with zero attached hydrogens (tertiary/aromatic N) is 1. The highest BCUT2D eigenvalue weighted by Gasteiger charge is 2.23. The molecule has 0 radical (unpaired) electrons. The summed E-state index contributed by atoms with van der Waals surface area (Å²) >= 11 is 0. The Labute approximate surface area is 81.1 Å². The van der Waals surface area contributed by atoms with E-state index in [2.05, 4.69) is 0 Å². The number of allylic oxidation sites excluding steroid dienone is 1. The number of hydrogen-bond donors (Lipinski definition) is 0. The van der Waals surface area contributed by atoms with E-state index >= 15 is 0 Å². The number of hydrogen-bond acceptors (Lipinski definition) is 1. The molecule has 0 aliphatic rings. The molecule has 0 saturated heterocycles. The molecule has 0 aromatic heterocycles. The molecule has 1 rings (SSSR count). The molecule has 78 valence electrons. The number of rotatable bonds is 1. The summed E-state index contributed by atoms with van der Waals surface area (Å²) in [5.74, 6) is -10.2. The minimum absolute atomic E-state index is 0.510. The highest BCUT2D eigenvalue weighted by atomic mass is 19.2. The maximum atomic E-state index is 12.8. The Bertz CT molecular complexity index is 443. The Morgan fingerprint density at radius 2 is 1.20 bits per heavy atom. The molecular weight excluding hydrogens is 217 g/mol. The van der Waals surface area contributed by atoms with Crippen LogP contribution in [0.25, 0.3) is 6.08 Å². The Hall–Kier alpha value is -1.90. The molecule has 0 heterocycles. The van der Waals surface area contributed by atoms with E-state index in [0.29, 0.717) is 12.2 Å². The van der Waals surface area contributed by atoms with Gasteiger partial charge in [-0.3, -0.25) is 0 Å². The predicted molar refractivity (Wildman–Crippen MR) is 40.9 cm³/mol. The fourth-order valence-corrected chi connectivity index (χ4v) is 0.889. The first kappa shape index (κ1) is 11.2. The molecule has 6 heteroatoms. The van der Waals surface area contributed by atoms with Crippen molar-refractivity contribution in [3.05, 3.63) is 40.7 Å². The Morgan fingerprint density at radius 3 is 1.60 bits per heavy atom. The van der Waals surface area contributed by atoms with Crippen molar-refractivity contribution in [3.8, 4) is 6.07 Å². The van der Waals surface area contributed by atoms with Crippen LogP contribution in [-0.4, -0.2) is 0 Å². The predicted octanol–water partition coefficient (Wildman–Crippen LogP) is 2.92. The first-order valence-corrected chi connectivity index (χ1v) is 3.58. The van der Waals surface area contributed by atoms with Crippen molar-refractivity contribution < 1.29 is 22.0 Å². The van der Waals surface area contributed by atoms with Gasteiger partial charge in [-0.15, -0.1) is 0 Å². The van der Waals surface area contributed by atoms with Gasteiger partial charge in [-0.25, -0.2) is 22.0 Å². The zero-order valence-electron chi connectivity index (χ0n) is 6.99. The van der Waals surface area contributed by atoms with Crippen LogP contribution in [0.2, 0.25) is 0 Å². The van der Waals surface area contributed by atoms with Gasteiger partial charge in [0, 0.05) is 6.08 Å². The number of nitriles is 1. The van der Waals surface area contributed by atoms with Gasteiger partial charge >= 0.3 is 0 Å². The molecule has 0 saturated carbocycles. The average molecular weight is 219 g/mol. The number of halogens is 5. The van der Waals surface area contributed by atoms with Gasteiger partial charge in [0.15, 0.2) is 23.3 Å². The van der Waals surface area contributed by atoms with Crippen LogP contribution in [-0.2, 0) is 0 Å². The summed E-state index contributed by atoms with van der Waals surface area (Å²) < 4.78 is 63.3. The maximum absolute atomic E-state index is 12.8. The lowest BCUT2D eigenvalue weighted by molar-refractivity contribution is 0.377. The molecular formula is C9H2F5N. The average Bonchev–Trinajstić information content (AvgIpc) is 2.24. The molecule has 0 aliphatic carbocycles. The van der Waals surface area contributed by atoms with Crippen molar-refractivity contribution in [1.29, 1.82) is 5.26 Å². The molecule has 1 aromatic carbocycles. The highest BCUT2D eigenvalue weighted by Crippen LogP contribution is 2.23. The fraction of sp³-hybridized carbons (Fsp3) is 0. The normalized spacial score (nSPS) is 10.7. The SMILES string of the molecule is N#C/C=C/c1c(F)c(F)c(F)c(F)c1F. The number of benzene rings is 1. The summed E-state index contributed by atoms with van der Waals surface area (Å²) in [5.41, 5.74) is -1.13. The fourth-order valence-electron chi connectivity index (χ4n) is 0.889. The smallest absolute Gasteiger partial charge is 0.200 e. The van der Waals surface area contributed by atoms with Crippen molar-refractivity contribution in [2.45, 2.75) is 0 Å².